The number of hydrogen-bond acceptors (Lipinski definition) is 6. The van der Waals surface area contributed by atoms with Crippen molar-refractivity contribution in [2.24, 2.45) is 5.10 Å². The smallest absolute Gasteiger partial charge is 0.343 e. The second kappa shape index (κ2) is 12.9. The lowest BCUT2D eigenvalue weighted by molar-refractivity contribution is 0.0734. The largest absolute Gasteiger partial charge is 0.423 e. The highest BCUT2D eigenvalue weighted by atomic mass is 35.5. The minimum atomic E-state index is -0.532. The molecule has 1 aromatic heterocycles. The van der Waals surface area contributed by atoms with Gasteiger partial charge in [0.25, 0.3) is 5.91 Å². The van der Waals surface area contributed by atoms with Gasteiger partial charge in [-0.3, -0.25) is 4.79 Å². The summed E-state index contributed by atoms with van der Waals surface area (Å²) in [6, 6.07) is 36.1. The average Bonchev–Trinajstić information content (AvgIpc) is 3.05. The van der Waals surface area contributed by atoms with Crippen LogP contribution >= 0.6 is 23.2 Å². The second-order valence-electron chi connectivity index (χ2n) is 9.64. The Morgan fingerprint density at radius 1 is 0.705 bits per heavy atom. The zero-order chi connectivity index (χ0) is 30.5. The third-order valence-corrected chi connectivity index (χ3v) is 7.19. The molecule has 6 aromatic rings. The molecule has 0 aliphatic rings. The summed E-state index contributed by atoms with van der Waals surface area (Å²) in [5, 5.41) is 4.62. The number of rotatable bonds is 7. The summed E-state index contributed by atoms with van der Waals surface area (Å²) in [7, 11) is 0. The van der Waals surface area contributed by atoms with Gasteiger partial charge in [0.05, 0.1) is 44.8 Å². The Labute approximate surface area is 262 Å². The molecule has 0 saturated carbocycles. The Hall–Kier alpha value is -5.37. The number of halogens is 2. The molecule has 1 N–H and O–H groups in total. The van der Waals surface area contributed by atoms with E-state index in [-0.39, 0.29) is 10.6 Å². The van der Waals surface area contributed by atoms with E-state index < -0.39 is 11.9 Å². The van der Waals surface area contributed by atoms with Crippen molar-refractivity contribution in [2.45, 2.75) is 0 Å². The zero-order valence-corrected chi connectivity index (χ0v) is 24.5. The maximum atomic E-state index is 13.1. The maximum Gasteiger partial charge on any atom is 0.343 e. The highest BCUT2D eigenvalue weighted by molar-refractivity contribution is 6.36. The van der Waals surface area contributed by atoms with Crippen LogP contribution in [0.3, 0.4) is 0 Å². The maximum absolute atomic E-state index is 13.1. The SMILES string of the molecule is O=C(Oc1ccc(/C=N\NC(=O)c2ccc(Cl)cc2Cl)cc1)c1ccc2nc(-c3ccccc3)c(-c3ccccc3)nc2c1. The van der Waals surface area contributed by atoms with Gasteiger partial charge in [-0.2, -0.15) is 5.10 Å². The van der Waals surface area contributed by atoms with Crippen molar-refractivity contribution in [3.05, 3.63) is 148 Å². The van der Waals surface area contributed by atoms with Crippen molar-refractivity contribution in [2.75, 3.05) is 0 Å². The van der Waals surface area contributed by atoms with Crippen molar-refractivity contribution in [3.63, 3.8) is 0 Å². The van der Waals surface area contributed by atoms with E-state index in [2.05, 4.69) is 10.5 Å². The molecule has 44 heavy (non-hydrogen) atoms. The molecule has 0 spiro atoms. The number of esters is 1. The van der Waals surface area contributed by atoms with Crippen molar-refractivity contribution < 1.29 is 14.3 Å². The van der Waals surface area contributed by atoms with Gasteiger partial charge in [-0.1, -0.05) is 83.9 Å². The summed E-state index contributed by atoms with van der Waals surface area (Å²) in [5.41, 5.74) is 8.29. The number of hydrogen-bond donors (Lipinski definition) is 1. The first-order valence-corrected chi connectivity index (χ1v) is 14.2. The summed E-state index contributed by atoms with van der Waals surface area (Å²) in [6.45, 7) is 0. The van der Waals surface area contributed by atoms with E-state index >= 15 is 0 Å². The predicted molar refractivity (Wildman–Crippen MR) is 173 cm³/mol. The molecule has 0 bridgehead atoms. The zero-order valence-electron chi connectivity index (χ0n) is 22.9. The predicted octanol–water partition coefficient (Wildman–Crippen LogP) is 8.25. The van der Waals surface area contributed by atoms with Gasteiger partial charge in [0.2, 0.25) is 0 Å². The van der Waals surface area contributed by atoms with Gasteiger partial charge < -0.3 is 4.74 Å². The third kappa shape index (κ3) is 6.49. The van der Waals surface area contributed by atoms with E-state index in [4.69, 9.17) is 37.9 Å². The van der Waals surface area contributed by atoms with Crippen LogP contribution in [0.5, 0.6) is 5.75 Å². The molecular formula is C35H22Cl2N4O3. The van der Waals surface area contributed by atoms with Crippen molar-refractivity contribution >= 4 is 52.3 Å². The topological polar surface area (TPSA) is 93.5 Å². The molecule has 7 nitrogen and oxygen atoms in total. The first kappa shape index (κ1) is 28.7. The summed E-state index contributed by atoms with van der Waals surface area (Å²) in [4.78, 5) is 35.2. The van der Waals surface area contributed by atoms with Crippen molar-refractivity contribution in [3.8, 4) is 28.3 Å². The van der Waals surface area contributed by atoms with Crippen LogP contribution in [0.25, 0.3) is 33.5 Å². The molecule has 214 valence electrons. The monoisotopic (exact) mass is 616 g/mol. The minimum absolute atomic E-state index is 0.225. The van der Waals surface area contributed by atoms with Crippen LogP contribution in [0.1, 0.15) is 26.3 Å². The molecule has 0 unspecified atom stereocenters. The Balaban J connectivity index is 1.17. The normalized spacial score (nSPS) is 11.0. The lowest BCUT2D eigenvalue weighted by Crippen LogP contribution is -2.18. The minimum Gasteiger partial charge on any atom is -0.423 e. The quantitative estimate of drug-likeness (QED) is 0.0843. The first-order valence-electron chi connectivity index (χ1n) is 13.5. The third-order valence-electron chi connectivity index (χ3n) is 6.64. The molecule has 1 heterocycles. The van der Waals surface area contributed by atoms with E-state index in [9.17, 15) is 9.59 Å². The summed E-state index contributed by atoms with van der Waals surface area (Å²) >= 11 is 11.9. The van der Waals surface area contributed by atoms with E-state index in [1.165, 1.54) is 18.3 Å². The molecule has 0 aliphatic heterocycles. The molecular weight excluding hydrogens is 595 g/mol. The standard InChI is InChI=1S/C35H22Cl2N4O3/c36-26-14-17-28(29(37)20-26)34(42)41-38-21-22-11-15-27(16-12-22)44-35(43)25-13-18-30-31(19-25)40-33(24-9-5-2-6-10-24)32(39-30)23-7-3-1-4-8-23/h1-21H,(H,41,42)/b38-21-. The second-order valence-corrected chi connectivity index (χ2v) is 10.5. The fraction of sp³-hybridized carbons (Fsp3) is 0. The van der Waals surface area contributed by atoms with Gasteiger partial charge >= 0.3 is 5.97 Å². The van der Waals surface area contributed by atoms with Crippen molar-refractivity contribution in [1.82, 2.24) is 15.4 Å². The van der Waals surface area contributed by atoms with E-state index in [1.807, 2.05) is 60.7 Å². The highest BCUT2D eigenvalue weighted by Crippen LogP contribution is 2.31. The number of hydrazone groups is 1. The van der Waals surface area contributed by atoms with E-state index in [1.54, 1.807) is 48.5 Å². The van der Waals surface area contributed by atoms with Crippen LogP contribution < -0.4 is 10.2 Å². The fourth-order valence-corrected chi connectivity index (χ4v) is 4.96. The van der Waals surface area contributed by atoms with E-state index in [0.29, 0.717) is 32.9 Å². The number of ether oxygens (including phenoxy) is 1. The lowest BCUT2D eigenvalue weighted by Gasteiger charge is -2.11. The number of carbonyl (C=O) groups is 2. The van der Waals surface area contributed by atoms with Gasteiger partial charge in [-0.25, -0.2) is 20.2 Å². The number of benzene rings is 5. The number of nitrogens with one attached hydrogen (secondary N) is 1. The summed E-state index contributed by atoms with van der Waals surface area (Å²) < 4.78 is 5.61. The van der Waals surface area contributed by atoms with Gasteiger partial charge in [0.1, 0.15) is 5.75 Å². The Kier molecular flexibility index (Phi) is 8.41. The van der Waals surface area contributed by atoms with Crippen LogP contribution in [0.4, 0.5) is 0 Å². The molecule has 9 heteroatoms. The number of amides is 1. The lowest BCUT2D eigenvalue weighted by atomic mass is 10.0. The number of carbonyl (C=O) groups excluding carboxylic acids is 2. The van der Waals surface area contributed by atoms with Gasteiger partial charge in [0.15, 0.2) is 0 Å². The molecule has 0 aliphatic carbocycles. The van der Waals surface area contributed by atoms with Crippen molar-refractivity contribution in [1.29, 1.82) is 0 Å². The van der Waals surface area contributed by atoms with E-state index in [0.717, 1.165) is 22.5 Å². The molecule has 0 radical (unpaired) electrons. The van der Waals surface area contributed by atoms with Gasteiger partial charge in [-0.05, 0) is 66.2 Å². The van der Waals surface area contributed by atoms with Crippen LogP contribution in [0, 0.1) is 0 Å². The highest BCUT2D eigenvalue weighted by Gasteiger charge is 2.16. The Morgan fingerprint density at radius 2 is 1.34 bits per heavy atom. The number of nitrogens with zero attached hydrogens (tertiary/aromatic N) is 3. The summed E-state index contributed by atoms with van der Waals surface area (Å²) in [6.07, 6.45) is 1.46. The number of fused-ring (bicyclic) bond motifs is 1. The average molecular weight is 617 g/mol. The molecule has 1 amide bonds. The Morgan fingerprint density at radius 3 is 1.98 bits per heavy atom. The molecule has 5 aromatic carbocycles. The van der Waals surface area contributed by atoms with Crippen LogP contribution in [0.15, 0.2) is 126 Å². The number of aromatic nitrogens is 2. The van der Waals surface area contributed by atoms with Gasteiger partial charge in [-0.15, -0.1) is 0 Å². The molecule has 0 atom stereocenters. The van der Waals surface area contributed by atoms with Crippen LogP contribution in [0.2, 0.25) is 10.0 Å². The first-order chi connectivity index (χ1) is 21.4. The Bertz CT molecular complexity index is 2020. The molecule has 6 rings (SSSR count). The molecule has 0 saturated heterocycles. The summed E-state index contributed by atoms with van der Waals surface area (Å²) in [5.74, 6) is -0.656. The fourth-order valence-electron chi connectivity index (χ4n) is 4.46. The van der Waals surface area contributed by atoms with Crippen LogP contribution in [-0.2, 0) is 0 Å². The molecule has 0 fully saturated rings. The van der Waals surface area contributed by atoms with Crippen LogP contribution in [-0.4, -0.2) is 28.1 Å². The van der Waals surface area contributed by atoms with Gasteiger partial charge in [0, 0.05) is 16.1 Å².